The van der Waals surface area contributed by atoms with Crippen LogP contribution in [0.25, 0.3) is 0 Å². The fourth-order valence-electron chi connectivity index (χ4n) is 1.57. The Bertz CT molecular complexity index is 307. The molecule has 1 N–H and O–H groups in total. The van der Waals surface area contributed by atoms with E-state index in [-0.39, 0.29) is 0 Å². The molecule has 0 aliphatic rings. The van der Waals surface area contributed by atoms with Crippen molar-refractivity contribution < 1.29 is 4.74 Å². The molecule has 0 saturated carbocycles. The number of thiophene rings is 1. The molecule has 0 bridgehead atoms. The second kappa shape index (κ2) is 6.38. The Morgan fingerprint density at radius 2 is 2.19 bits per heavy atom. The number of rotatable bonds is 7. The summed E-state index contributed by atoms with van der Waals surface area (Å²) in [5.41, 5.74) is 1.70. The third-order valence-electron chi connectivity index (χ3n) is 2.84. The lowest BCUT2D eigenvalue weighted by atomic mass is 9.90. The highest BCUT2D eigenvalue weighted by Gasteiger charge is 2.16. The first-order valence-electron chi connectivity index (χ1n) is 5.78. The van der Waals surface area contributed by atoms with Crippen LogP contribution < -0.4 is 5.32 Å². The minimum Gasteiger partial charge on any atom is -0.385 e. The zero-order valence-electron chi connectivity index (χ0n) is 10.8. The van der Waals surface area contributed by atoms with E-state index in [0.717, 1.165) is 26.1 Å². The van der Waals surface area contributed by atoms with E-state index < -0.39 is 0 Å². The van der Waals surface area contributed by atoms with Gasteiger partial charge in [-0.2, -0.15) is 0 Å². The fourth-order valence-corrected chi connectivity index (χ4v) is 2.44. The summed E-state index contributed by atoms with van der Waals surface area (Å²) in [7, 11) is 1.76. The highest BCUT2D eigenvalue weighted by atomic mass is 32.1. The maximum atomic E-state index is 5.12. The molecule has 2 nitrogen and oxygen atoms in total. The van der Waals surface area contributed by atoms with Gasteiger partial charge in [0.1, 0.15) is 0 Å². The van der Waals surface area contributed by atoms with Gasteiger partial charge in [0.25, 0.3) is 0 Å². The predicted octanol–water partition coefficient (Wildman–Crippen LogP) is 3.21. The topological polar surface area (TPSA) is 21.3 Å². The third kappa shape index (κ3) is 4.64. The summed E-state index contributed by atoms with van der Waals surface area (Å²) >= 11 is 1.83. The third-order valence-corrected chi connectivity index (χ3v) is 3.86. The van der Waals surface area contributed by atoms with Crippen LogP contribution in [0.15, 0.2) is 11.4 Å². The number of nitrogens with one attached hydrogen (secondary N) is 1. The standard InChI is InChI=1S/C13H23NOS/c1-11-5-8-16-12(11)9-14-10-13(2,3)6-7-15-4/h5,8,14H,6-7,9-10H2,1-4H3. The first-order valence-corrected chi connectivity index (χ1v) is 6.66. The molecule has 1 aromatic rings. The van der Waals surface area contributed by atoms with Gasteiger partial charge in [0.15, 0.2) is 0 Å². The molecular weight excluding hydrogens is 218 g/mol. The highest BCUT2D eigenvalue weighted by Crippen LogP contribution is 2.20. The van der Waals surface area contributed by atoms with Crippen LogP contribution in [0, 0.1) is 12.3 Å². The van der Waals surface area contributed by atoms with Crippen LogP contribution in [-0.2, 0) is 11.3 Å². The van der Waals surface area contributed by atoms with Gasteiger partial charge in [-0.25, -0.2) is 0 Å². The van der Waals surface area contributed by atoms with E-state index in [0.29, 0.717) is 5.41 Å². The summed E-state index contributed by atoms with van der Waals surface area (Å²) < 4.78 is 5.12. The van der Waals surface area contributed by atoms with Gasteiger partial charge in [-0.15, -0.1) is 11.3 Å². The average molecular weight is 241 g/mol. The molecule has 0 fully saturated rings. The SMILES string of the molecule is COCCC(C)(C)CNCc1sccc1C. The Hall–Kier alpha value is -0.380. The van der Waals surface area contributed by atoms with Crippen LogP contribution >= 0.6 is 11.3 Å². The first-order chi connectivity index (χ1) is 7.55. The molecule has 0 atom stereocenters. The van der Waals surface area contributed by atoms with Crippen LogP contribution in [0.2, 0.25) is 0 Å². The van der Waals surface area contributed by atoms with Crippen molar-refractivity contribution in [1.82, 2.24) is 5.32 Å². The summed E-state index contributed by atoms with van der Waals surface area (Å²) in [6, 6.07) is 2.18. The summed E-state index contributed by atoms with van der Waals surface area (Å²) in [5, 5.41) is 5.69. The molecule has 0 aromatic carbocycles. The highest BCUT2D eigenvalue weighted by molar-refractivity contribution is 7.10. The van der Waals surface area contributed by atoms with Crippen molar-refractivity contribution in [2.75, 3.05) is 20.3 Å². The summed E-state index contributed by atoms with van der Waals surface area (Å²) in [6.07, 6.45) is 1.10. The van der Waals surface area contributed by atoms with Crippen molar-refractivity contribution >= 4 is 11.3 Å². The molecule has 0 spiro atoms. The van der Waals surface area contributed by atoms with E-state index in [1.807, 2.05) is 11.3 Å². The lowest BCUT2D eigenvalue weighted by Crippen LogP contribution is -2.30. The molecule has 0 aliphatic carbocycles. The zero-order chi connectivity index (χ0) is 12.0. The van der Waals surface area contributed by atoms with Crippen LogP contribution in [0.1, 0.15) is 30.7 Å². The van der Waals surface area contributed by atoms with Crippen LogP contribution in [0.3, 0.4) is 0 Å². The van der Waals surface area contributed by atoms with Crippen molar-refractivity contribution in [3.05, 3.63) is 21.9 Å². The Balaban J connectivity index is 2.27. The van der Waals surface area contributed by atoms with Crippen molar-refractivity contribution in [2.24, 2.45) is 5.41 Å². The van der Waals surface area contributed by atoms with Crippen LogP contribution in [-0.4, -0.2) is 20.3 Å². The van der Waals surface area contributed by atoms with Gasteiger partial charge in [-0.1, -0.05) is 13.8 Å². The number of methoxy groups -OCH3 is 1. The molecule has 0 aliphatic heterocycles. The molecule has 1 heterocycles. The molecule has 1 rings (SSSR count). The first kappa shape index (κ1) is 13.7. The van der Waals surface area contributed by atoms with Gasteiger partial charge in [0.05, 0.1) is 0 Å². The lowest BCUT2D eigenvalue weighted by Gasteiger charge is -2.24. The van der Waals surface area contributed by atoms with Gasteiger partial charge < -0.3 is 10.1 Å². The number of hydrogen-bond donors (Lipinski definition) is 1. The molecule has 92 valence electrons. The summed E-state index contributed by atoms with van der Waals surface area (Å²) in [6.45, 7) is 9.59. The van der Waals surface area contributed by atoms with Crippen molar-refractivity contribution in [3.8, 4) is 0 Å². The molecule has 16 heavy (non-hydrogen) atoms. The summed E-state index contributed by atoms with van der Waals surface area (Å²) in [4.78, 5) is 1.45. The van der Waals surface area contributed by atoms with Gasteiger partial charge >= 0.3 is 0 Å². The molecule has 0 amide bonds. The van der Waals surface area contributed by atoms with Gasteiger partial charge in [0, 0.05) is 31.7 Å². The van der Waals surface area contributed by atoms with E-state index in [1.165, 1.54) is 10.4 Å². The van der Waals surface area contributed by atoms with Gasteiger partial charge in [-0.3, -0.25) is 0 Å². The largest absolute Gasteiger partial charge is 0.385 e. The maximum absolute atomic E-state index is 5.12. The van der Waals surface area contributed by atoms with Crippen LogP contribution in [0.4, 0.5) is 0 Å². The molecule has 3 heteroatoms. The second-order valence-electron chi connectivity index (χ2n) is 5.04. The summed E-state index contributed by atoms with van der Waals surface area (Å²) in [5.74, 6) is 0. The van der Waals surface area contributed by atoms with E-state index in [4.69, 9.17) is 4.74 Å². The Morgan fingerprint density at radius 1 is 1.44 bits per heavy atom. The van der Waals surface area contributed by atoms with Crippen LogP contribution in [0.5, 0.6) is 0 Å². The Kier molecular flexibility index (Phi) is 5.46. The van der Waals surface area contributed by atoms with E-state index in [9.17, 15) is 0 Å². The van der Waals surface area contributed by atoms with E-state index in [2.05, 4.69) is 37.5 Å². The normalized spacial score (nSPS) is 12.0. The molecule has 0 unspecified atom stereocenters. The second-order valence-corrected chi connectivity index (χ2v) is 6.04. The smallest absolute Gasteiger partial charge is 0.0467 e. The number of hydrogen-bond acceptors (Lipinski definition) is 3. The maximum Gasteiger partial charge on any atom is 0.0467 e. The Labute approximate surface area is 103 Å². The Morgan fingerprint density at radius 3 is 2.75 bits per heavy atom. The van der Waals surface area contributed by atoms with Crippen molar-refractivity contribution in [3.63, 3.8) is 0 Å². The van der Waals surface area contributed by atoms with E-state index in [1.54, 1.807) is 7.11 Å². The fraction of sp³-hybridized carbons (Fsp3) is 0.692. The van der Waals surface area contributed by atoms with Gasteiger partial charge in [-0.05, 0) is 35.8 Å². The van der Waals surface area contributed by atoms with Crippen molar-refractivity contribution in [1.29, 1.82) is 0 Å². The monoisotopic (exact) mass is 241 g/mol. The molecule has 0 radical (unpaired) electrons. The van der Waals surface area contributed by atoms with E-state index >= 15 is 0 Å². The minimum atomic E-state index is 0.307. The predicted molar refractivity (Wildman–Crippen MR) is 71.0 cm³/mol. The molecular formula is C13H23NOS. The van der Waals surface area contributed by atoms with Gasteiger partial charge in [0.2, 0.25) is 0 Å². The number of aryl methyl sites for hydroxylation is 1. The average Bonchev–Trinajstić information content (AvgIpc) is 2.62. The molecule has 0 saturated heterocycles. The minimum absolute atomic E-state index is 0.307. The van der Waals surface area contributed by atoms with Crippen molar-refractivity contribution in [2.45, 2.75) is 33.7 Å². The zero-order valence-corrected chi connectivity index (χ0v) is 11.6. The lowest BCUT2D eigenvalue weighted by molar-refractivity contribution is 0.150. The molecule has 1 aromatic heterocycles. The number of ether oxygens (including phenoxy) is 1. The quantitative estimate of drug-likeness (QED) is 0.791.